The SMILES string of the molecule is O=c1c2ccc3c4c(O)cc5c6c(ccc(c7ccc(c2c73)c2nc3ccccc3n12)c46)c(=O)n1c2ccccc2nc51.O=c1c2ccc3c4ccc5c(=O)n6c7ccccc7nc6c6cc(O)c(c7ccc(c2c37)c2nc3ccccc3n12)c4c56. The number of fused-ring (bicyclic) bond motifs is 20. The minimum Gasteiger partial charge on any atom is -0.507 e. The molecule has 0 aliphatic rings. The quantitative estimate of drug-likeness (QED) is 0.110. The number of nitrogens with zero attached hydrogens (tertiary/aromatic N) is 8. The first-order chi connectivity index (χ1) is 42.2. The Kier molecular flexibility index (Phi) is 7.61. The van der Waals surface area contributed by atoms with E-state index in [0.29, 0.717) is 54.9 Å². The Hall–Kier alpha value is -12.2. The van der Waals surface area contributed by atoms with Crippen LogP contribution in [-0.4, -0.2) is 47.8 Å². The largest absolute Gasteiger partial charge is 0.507 e. The second-order valence-electron chi connectivity index (χ2n) is 22.9. The highest BCUT2D eigenvalue weighted by Crippen LogP contribution is 2.51. The zero-order valence-corrected chi connectivity index (χ0v) is 44.4. The van der Waals surface area contributed by atoms with Crippen molar-refractivity contribution in [1.82, 2.24) is 37.5 Å². The molecule has 0 bridgehead atoms. The third-order valence-electron chi connectivity index (χ3n) is 18.9. The molecule has 8 heterocycles. The van der Waals surface area contributed by atoms with Crippen LogP contribution in [0.4, 0.5) is 0 Å². The Labute approximate surface area is 476 Å². The van der Waals surface area contributed by atoms with Gasteiger partial charge in [-0.1, -0.05) is 84.9 Å². The fraction of sp³-hybridized carbons (Fsp3) is 0. The summed E-state index contributed by atoms with van der Waals surface area (Å²) < 4.78 is 6.69. The summed E-state index contributed by atoms with van der Waals surface area (Å²) in [5.74, 6) is 0.212. The van der Waals surface area contributed by atoms with E-state index in [2.05, 4.69) is 6.07 Å². The van der Waals surface area contributed by atoms with Crippen molar-refractivity contribution in [3.05, 3.63) is 223 Å². The summed E-state index contributed by atoms with van der Waals surface area (Å²) in [6.07, 6.45) is 0. The van der Waals surface area contributed by atoms with Crippen LogP contribution in [0.5, 0.6) is 11.5 Å². The monoisotopic (exact) mass is 1100 g/mol. The average Bonchev–Trinajstić information content (AvgIpc) is 1.04. The van der Waals surface area contributed by atoms with Gasteiger partial charge in [0.15, 0.2) is 0 Å². The van der Waals surface area contributed by atoms with E-state index in [0.717, 1.165) is 141 Å². The zero-order valence-electron chi connectivity index (χ0n) is 44.4. The number of benzene rings is 14. The smallest absolute Gasteiger partial charge is 0.264 e. The molecule has 0 unspecified atom stereocenters. The van der Waals surface area contributed by atoms with E-state index >= 15 is 0 Å². The van der Waals surface area contributed by atoms with Gasteiger partial charge in [-0.2, -0.15) is 0 Å². The molecule has 0 amide bonds. The Morgan fingerprint density at radius 1 is 0.233 bits per heavy atom. The van der Waals surface area contributed by atoms with Gasteiger partial charge in [-0.3, -0.25) is 36.8 Å². The lowest BCUT2D eigenvalue weighted by Crippen LogP contribution is -2.14. The summed E-state index contributed by atoms with van der Waals surface area (Å²) >= 11 is 0. The minimum absolute atomic E-state index is 0.106. The Bertz CT molecular complexity index is 6840. The predicted molar refractivity (Wildman–Crippen MR) is 344 cm³/mol. The number of hydrogen-bond acceptors (Lipinski definition) is 10. The number of para-hydroxylation sites is 8. The van der Waals surface area contributed by atoms with Crippen molar-refractivity contribution in [1.29, 1.82) is 0 Å². The highest BCUT2D eigenvalue weighted by molar-refractivity contribution is 6.43. The van der Waals surface area contributed by atoms with Crippen molar-refractivity contribution in [3.8, 4) is 11.5 Å². The molecular weight excluding hydrogens is 1070 g/mol. The Balaban J connectivity index is 0.000000119. The zero-order chi connectivity index (χ0) is 56.6. The molecule has 22 aromatic rings. The highest BCUT2D eigenvalue weighted by atomic mass is 16.3. The van der Waals surface area contributed by atoms with E-state index in [1.54, 1.807) is 29.7 Å². The molecule has 0 fully saturated rings. The van der Waals surface area contributed by atoms with E-state index < -0.39 is 0 Å². The minimum atomic E-state index is -0.139. The summed E-state index contributed by atoms with van der Waals surface area (Å²) in [5, 5.41) is 42.4. The van der Waals surface area contributed by atoms with Gasteiger partial charge in [0.25, 0.3) is 22.2 Å². The lowest BCUT2D eigenvalue weighted by Gasteiger charge is -2.19. The van der Waals surface area contributed by atoms with Gasteiger partial charge in [0.2, 0.25) is 0 Å². The van der Waals surface area contributed by atoms with Crippen LogP contribution in [0.3, 0.4) is 0 Å². The van der Waals surface area contributed by atoms with Crippen molar-refractivity contribution in [2.75, 3.05) is 0 Å². The van der Waals surface area contributed by atoms with Gasteiger partial charge < -0.3 is 10.2 Å². The van der Waals surface area contributed by atoms with Crippen molar-refractivity contribution >= 4 is 196 Å². The molecule has 396 valence electrons. The summed E-state index contributed by atoms with van der Waals surface area (Å²) in [4.78, 5) is 75.4. The van der Waals surface area contributed by atoms with E-state index in [9.17, 15) is 29.4 Å². The third kappa shape index (κ3) is 4.95. The molecule has 22 rings (SSSR count). The molecule has 0 radical (unpaired) electrons. The van der Waals surface area contributed by atoms with E-state index in [1.165, 1.54) is 0 Å². The van der Waals surface area contributed by atoms with Crippen molar-refractivity contribution < 1.29 is 10.2 Å². The van der Waals surface area contributed by atoms with Crippen LogP contribution < -0.4 is 22.2 Å². The van der Waals surface area contributed by atoms with Gasteiger partial charge in [0.05, 0.1) is 44.1 Å². The predicted octanol–water partition coefficient (Wildman–Crippen LogP) is 13.9. The average molecular weight is 1110 g/mol. The molecular formula is C72H32N8O6. The molecule has 0 saturated carbocycles. The van der Waals surface area contributed by atoms with Gasteiger partial charge in [-0.15, -0.1) is 0 Å². The fourth-order valence-corrected chi connectivity index (χ4v) is 15.5. The first-order valence-electron chi connectivity index (χ1n) is 28.2. The van der Waals surface area contributed by atoms with Crippen LogP contribution in [0.2, 0.25) is 0 Å². The van der Waals surface area contributed by atoms with Crippen LogP contribution in [0.15, 0.2) is 201 Å². The molecule has 8 aromatic heterocycles. The van der Waals surface area contributed by atoms with E-state index in [1.807, 2.05) is 164 Å². The number of aromatic hydroxyl groups is 2. The number of aromatic nitrogens is 8. The van der Waals surface area contributed by atoms with Gasteiger partial charge in [0, 0.05) is 86.2 Å². The maximum atomic E-state index is 14.0. The second-order valence-corrected chi connectivity index (χ2v) is 22.9. The lowest BCUT2D eigenvalue weighted by molar-refractivity contribution is 0.482. The van der Waals surface area contributed by atoms with Gasteiger partial charge in [-0.05, 0) is 140 Å². The number of phenolic OH excluding ortho intramolecular Hbond substituents is 2. The van der Waals surface area contributed by atoms with Crippen LogP contribution in [0.25, 0.3) is 196 Å². The first-order valence-corrected chi connectivity index (χ1v) is 28.2. The molecule has 86 heavy (non-hydrogen) atoms. The van der Waals surface area contributed by atoms with Crippen molar-refractivity contribution in [2.45, 2.75) is 0 Å². The Morgan fingerprint density at radius 3 is 0.791 bits per heavy atom. The maximum Gasteiger partial charge on any atom is 0.264 e. The number of pyridine rings is 4. The molecule has 2 N–H and O–H groups in total. The lowest BCUT2D eigenvalue weighted by atomic mass is 9.85. The third-order valence-corrected chi connectivity index (χ3v) is 18.9. The van der Waals surface area contributed by atoms with Crippen LogP contribution in [0.1, 0.15) is 0 Å². The summed E-state index contributed by atoms with van der Waals surface area (Å²) in [7, 11) is 0. The maximum absolute atomic E-state index is 14.0. The topological polar surface area (TPSA) is 178 Å². The van der Waals surface area contributed by atoms with Gasteiger partial charge in [-0.25, -0.2) is 19.9 Å². The number of rotatable bonds is 0. The number of hydrogen-bond donors (Lipinski definition) is 2. The summed E-state index contributed by atoms with van der Waals surface area (Å²) in [6.45, 7) is 0. The fourth-order valence-electron chi connectivity index (χ4n) is 15.5. The second kappa shape index (κ2) is 14.7. The number of imidazole rings is 4. The molecule has 14 nitrogen and oxygen atoms in total. The van der Waals surface area contributed by atoms with Gasteiger partial charge >= 0.3 is 0 Å². The first kappa shape index (κ1) is 44.5. The summed E-state index contributed by atoms with van der Waals surface area (Å²) in [6, 6.07) is 57.5. The molecule has 0 aliphatic carbocycles. The van der Waals surface area contributed by atoms with Crippen LogP contribution in [-0.2, 0) is 0 Å². The molecule has 0 spiro atoms. The highest BCUT2D eigenvalue weighted by Gasteiger charge is 2.28. The molecule has 14 aromatic carbocycles. The van der Waals surface area contributed by atoms with E-state index in [4.69, 9.17) is 19.9 Å². The number of phenols is 2. The molecule has 14 heteroatoms. The Morgan fingerprint density at radius 2 is 0.465 bits per heavy atom. The molecule has 0 aliphatic heterocycles. The van der Waals surface area contributed by atoms with Crippen LogP contribution >= 0.6 is 0 Å². The van der Waals surface area contributed by atoms with Crippen LogP contribution in [0, 0.1) is 0 Å². The van der Waals surface area contributed by atoms with Gasteiger partial charge in [0.1, 0.15) is 34.1 Å². The summed E-state index contributed by atoms with van der Waals surface area (Å²) in [5.41, 5.74) is 7.78. The standard InChI is InChI=1S/2C36H16N4O3/c41-27-15-22-30-21(36(43)40-26-8-4-2-6-24(26)38-34(22)40)14-10-17-16-9-13-20-29-19(12-11-18(28(16)29)31(27)32(17)30)33-37-23-5-1-3-7-25(23)39(33)35(20)42;41-27-15-22-30-21(36(43)40-26-8-4-2-6-24(26)38-34(22)40)13-10-17-16-9-12-19-29-20(14-11-18(28(16)29)31(27)32(17)30)35(42)39-25-7-3-1-5-23(25)37-33(19)39/h2*1-15,41H. The van der Waals surface area contributed by atoms with Crippen molar-refractivity contribution in [3.63, 3.8) is 0 Å². The molecule has 0 atom stereocenters. The van der Waals surface area contributed by atoms with E-state index in [-0.39, 0.29) is 33.7 Å². The normalized spacial score (nSPS) is 12.9. The van der Waals surface area contributed by atoms with Crippen molar-refractivity contribution in [2.24, 2.45) is 0 Å². The molecule has 0 saturated heterocycles.